The molecule has 0 aliphatic carbocycles. The first-order valence-electron chi connectivity index (χ1n) is 8.80. The minimum atomic E-state index is -1.54. The van der Waals surface area contributed by atoms with Crippen LogP contribution in [0.3, 0.4) is 0 Å². The van der Waals surface area contributed by atoms with E-state index in [4.69, 9.17) is 9.47 Å². The molecule has 0 radical (unpaired) electrons. The first kappa shape index (κ1) is 19.4. The van der Waals surface area contributed by atoms with Crippen LogP contribution in [0.4, 0.5) is 22.0 Å². The minimum Gasteiger partial charge on any atom is -0.478 e. The summed E-state index contributed by atoms with van der Waals surface area (Å²) in [6.45, 7) is 1.66. The van der Waals surface area contributed by atoms with E-state index < -0.39 is 41.2 Å². The lowest BCUT2D eigenvalue weighted by atomic mass is 10.0. The van der Waals surface area contributed by atoms with Gasteiger partial charge in [-0.1, -0.05) is 6.07 Å². The van der Waals surface area contributed by atoms with Crippen LogP contribution < -0.4 is 0 Å². The molecule has 2 aromatic carbocycles. The molecular weight excluding hydrogens is 395 g/mol. The first-order valence-corrected chi connectivity index (χ1v) is 8.80. The lowest BCUT2D eigenvalue weighted by Crippen LogP contribution is -2.08. The molecule has 0 fully saturated rings. The smallest absolute Gasteiger partial charge is 0.194 e. The third kappa shape index (κ3) is 3.81. The summed E-state index contributed by atoms with van der Waals surface area (Å²) in [5.41, 5.74) is 0.815. The number of hydrogen-bond acceptors (Lipinski definition) is 4. The molecule has 2 aromatic rings. The highest BCUT2D eigenvalue weighted by Crippen LogP contribution is 2.29. The Morgan fingerprint density at radius 1 is 0.759 bits per heavy atom. The van der Waals surface area contributed by atoms with E-state index in [0.29, 0.717) is 11.5 Å². The molecule has 2 aliphatic heterocycles. The summed E-state index contributed by atoms with van der Waals surface area (Å²) in [6, 6.07) is 3.18. The van der Waals surface area contributed by atoms with Crippen LogP contribution >= 0.6 is 0 Å². The average molecular weight is 410 g/mol. The third-order valence-corrected chi connectivity index (χ3v) is 4.73. The maximum atomic E-state index is 13.6. The van der Waals surface area contributed by atoms with Crippen LogP contribution in [0.5, 0.6) is 0 Å². The summed E-state index contributed by atoms with van der Waals surface area (Å²) < 4.78 is 77.9. The Morgan fingerprint density at radius 3 is 1.69 bits per heavy atom. The highest BCUT2D eigenvalue weighted by atomic mass is 19.2. The van der Waals surface area contributed by atoms with Gasteiger partial charge in [0.2, 0.25) is 0 Å². The second kappa shape index (κ2) is 7.46. The van der Waals surface area contributed by atoms with Crippen molar-refractivity contribution in [2.24, 2.45) is 9.98 Å². The van der Waals surface area contributed by atoms with E-state index in [1.54, 1.807) is 0 Å². The van der Waals surface area contributed by atoms with Gasteiger partial charge in [-0.3, -0.25) is 0 Å². The van der Waals surface area contributed by atoms with Crippen molar-refractivity contribution >= 4 is 11.8 Å². The molecule has 29 heavy (non-hydrogen) atoms. The molecule has 0 N–H and O–H groups in total. The van der Waals surface area contributed by atoms with Gasteiger partial charge in [-0.2, -0.15) is 0 Å². The Labute approximate surface area is 162 Å². The van der Waals surface area contributed by atoms with Crippen molar-refractivity contribution in [3.8, 4) is 0 Å². The quantitative estimate of drug-likeness (QED) is 0.541. The Hall–Kier alpha value is -2.97. The van der Waals surface area contributed by atoms with Gasteiger partial charge in [0.1, 0.15) is 25.3 Å². The van der Waals surface area contributed by atoms with E-state index >= 15 is 0 Å². The molecule has 2 unspecified atom stereocenters. The molecule has 9 heteroatoms. The summed E-state index contributed by atoms with van der Waals surface area (Å²) in [5, 5.41) is 0. The van der Waals surface area contributed by atoms with Crippen LogP contribution in [-0.4, -0.2) is 25.0 Å². The van der Waals surface area contributed by atoms with E-state index in [9.17, 15) is 22.0 Å². The molecule has 2 heterocycles. The number of benzene rings is 2. The van der Waals surface area contributed by atoms with E-state index in [1.165, 1.54) is 13.0 Å². The fourth-order valence-corrected chi connectivity index (χ4v) is 3.22. The van der Waals surface area contributed by atoms with Gasteiger partial charge in [-0.15, -0.1) is 0 Å². The van der Waals surface area contributed by atoms with Crippen molar-refractivity contribution in [3.63, 3.8) is 0 Å². The van der Waals surface area contributed by atoms with E-state index in [-0.39, 0.29) is 36.7 Å². The van der Waals surface area contributed by atoms with E-state index in [1.807, 2.05) is 0 Å². The van der Waals surface area contributed by atoms with E-state index in [2.05, 4.69) is 9.98 Å². The number of aryl methyl sites for hydroxylation is 1. The zero-order chi connectivity index (χ0) is 20.7. The SMILES string of the molecule is Cc1cc(C2COC(CC3=NC(c4cc(F)c(F)c(F)c4)CO3)=N2)cc(F)c1F. The molecule has 4 rings (SSSR count). The standard InChI is InChI=1S/C20H15F5N2O2/c1-9-2-10(3-12(21)19(9)24)15-7-28-17(26-15)6-18-27-16(8-29-18)11-4-13(22)20(25)14(23)5-11/h2-5,15-16H,6-8H2,1H3. The predicted molar refractivity (Wildman–Crippen MR) is 94.3 cm³/mol. The molecule has 152 valence electrons. The largest absolute Gasteiger partial charge is 0.478 e. The van der Waals surface area contributed by atoms with Gasteiger partial charge in [0.05, 0.1) is 6.42 Å². The van der Waals surface area contributed by atoms with Crippen molar-refractivity contribution < 1.29 is 31.4 Å². The zero-order valence-corrected chi connectivity index (χ0v) is 15.2. The number of ether oxygens (including phenoxy) is 2. The van der Waals surface area contributed by atoms with Crippen LogP contribution in [-0.2, 0) is 9.47 Å². The molecule has 2 aliphatic rings. The number of nitrogens with zero attached hydrogens (tertiary/aromatic N) is 2. The van der Waals surface area contributed by atoms with Crippen molar-refractivity contribution in [1.29, 1.82) is 0 Å². The van der Waals surface area contributed by atoms with Crippen LogP contribution in [0.15, 0.2) is 34.3 Å². The zero-order valence-electron chi connectivity index (χ0n) is 15.2. The average Bonchev–Trinajstić information content (AvgIpc) is 3.33. The number of aliphatic imine (C=N–C) groups is 2. The summed E-state index contributed by atoms with van der Waals surface area (Å²) in [6.07, 6.45) is 0.0990. The summed E-state index contributed by atoms with van der Waals surface area (Å²) >= 11 is 0. The van der Waals surface area contributed by atoms with Gasteiger partial charge >= 0.3 is 0 Å². The Morgan fingerprint density at radius 2 is 1.21 bits per heavy atom. The molecule has 2 atom stereocenters. The van der Waals surface area contributed by atoms with Gasteiger partial charge in [0.15, 0.2) is 40.9 Å². The molecule has 0 spiro atoms. The van der Waals surface area contributed by atoms with Gasteiger partial charge in [0.25, 0.3) is 0 Å². The number of rotatable bonds is 4. The molecule has 0 aromatic heterocycles. The Bertz CT molecular complexity index is 910. The maximum Gasteiger partial charge on any atom is 0.194 e. The van der Waals surface area contributed by atoms with Crippen LogP contribution in [0.2, 0.25) is 0 Å². The molecule has 0 saturated heterocycles. The molecular formula is C20H15F5N2O2. The highest BCUT2D eigenvalue weighted by Gasteiger charge is 2.28. The second-order valence-corrected chi connectivity index (χ2v) is 6.81. The monoisotopic (exact) mass is 410 g/mol. The van der Waals surface area contributed by atoms with Crippen LogP contribution in [0.25, 0.3) is 0 Å². The Balaban J connectivity index is 1.48. The van der Waals surface area contributed by atoms with E-state index in [0.717, 1.165) is 18.2 Å². The second-order valence-electron chi connectivity index (χ2n) is 6.81. The fourth-order valence-electron chi connectivity index (χ4n) is 3.22. The van der Waals surface area contributed by atoms with Crippen molar-refractivity contribution in [2.45, 2.75) is 25.4 Å². The number of halogens is 5. The maximum absolute atomic E-state index is 13.6. The highest BCUT2D eigenvalue weighted by molar-refractivity contribution is 5.98. The lowest BCUT2D eigenvalue weighted by Gasteiger charge is -2.07. The molecule has 4 nitrogen and oxygen atoms in total. The number of hydrogen-bond donors (Lipinski definition) is 0. The summed E-state index contributed by atoms with van der Waals surface area (Å²) in [7, 11) is 0. The summed E-state index contributed by atoms with van der Waals surface area (Å²) in [5.74, 6) is -5.42. The van der Waals surface area contributed by atoms with Crippen molar-refractivity contribution in [2.75, 3.05) is 13.2 Å². The third-order valence-electron chi connectivity index (χ3n) is 4.73. The van der Waals surface area contributed by atoms with Gasteiger partial charge in [0, 0.05) is 0 Å². The van der Waals surface area contributed by atoms with Gasteiger partial charge in [-0.05, 0) is 41.8 Å². The Kier molecular flexibility index (Phi) is 4.97. The lowest BCUT2D eigenvalue weighted by molar-refractivity contribution is 0.299. The fraction of sp³-hybridized carbons (Fsp3) is 0.300. The van der Waals surface area contributed by atoms with Crippen molar-refractivity contribution in [1.82, 2.24) is 0 Å². The predicted octanol–water partition coefficient (Wildman–Crippen LogP) is 4.72. The van der Waals surface area contributed by atoms with Gasteiger partial charge < -0.3 is 9.47 Å². The van der Waals surface area contributed by atoms with Crippen molar-refractivity contribution in [3.05, 3.63) is 70.0 Å². The van der Waals surface area contributed by atoms with Crippen LogP contribution in [0.1, 0.15) is 35.2 Å². The molecule has 0 bridgehead atoms. The minimum absolute atomic E-state index is 0.0406. The molecule has 0 saturated carbocycles. The summed E-state index contributed by atoms with van der Waals surface area (Å²) in [4.78, 5) is 8.59. The molecule has 0 amide bonds. The van der Waals surface area contributed by atoms with Crippen LogP contribution in [0, 0.1) is 36.0 Å². The topological polar surface area (TPSA) is 43.2 Å². The van der Waals surface area contributed by atoms with Gasteiger partial charge in [-0.25, -0.2) is 31.9 Å². The first-order chi connectivity index (χ1) is 13.8. The normalized spacial score (nSPS) is 20.9.